The lowest BCUT2D eigenvalue weighted by molar-refractivity contribution is -0.133. The van der Waals surface area contributed by atoms with Gasteiger partial charge in [-0.15, -0.1) is 11.3 Å². The minimum atomic E-state index is -3.07. The summed E-state index contributed by atoms with van der Waals surface area (Å²) in [6, 6.07) is 1.41. The number of thiophene rings is 1. The van der Waals surface area contributed by atoms with Crippen LogP contribution in [0.3, 0.4) is 0 Å². The van der Waals surface area contributed by atoms with E-state index in [1.165, 1.54) is 22.2 Å². The highest BCUT2D eigenvalue weighted by Crippen LogP contribution is 2.19. The van der Waals surface area contributed by atoms with Gasteiger partial charge in [-0.3, -0.25) is 14.2 Å². The summed E-state index contributed by atoms with van der Waals surface area (Å²) in [4.78, 5) is 31.7. The van der Waals surface area contributed by atoms with Gasteiger partial charge in [-0.25, -0.2) is 13.4 Å². The summed E-state index contributed by atoms with van der Waals surface area (Å²) in [7, 11) is -3.07. The minimum absolute atomic E-state index is 0.0131. The highest BCUT2D eigenvalue weighted by Gasteiger charge is 2.34. The molecule has 1 aliphatic rings. The zero-order valence-electron chi connectivity index (χ0n) is 14.1. The molecule has 0 saturated carbocycles. The SMILES string of the molecule is CCCCN(C(=O)Cn1cnc2sccc2c1=O)[C@@H]1CCS(=O)(=O)C1. The Morgan fingerprint density at radius 2 is 2.28 bits per heavy atom. The number of nitrogens with zero attached hydrogens (tertiary/aromatic N) is 3. The minimum Gasteiger partial charge on any atom is -0.337 e. The smallest absolute Gasteiger partial charge is 0.262 e. The van der Waals surface area contributed by atoms with Gasteiger partial charge in [-0.05, 0) is 24.3 Å². The van der Waals surface area contributed by atoms with Crippen LogP contribution in [0.25, 0.3) is 10.2 Å². The summed E-state index contributed by atoms with van der Waals surface area (Å²) in [6.45, 7) is 2.42. The molecule has 0 bridgehead atoms. The number of hydrogen-bond donors (Lipinski definition) is 0. The molecule has 0 radical (unpaired) electrons. The van der Waals surface area contributed by atoms with Crippen LogP contribution in [0.2, 0.25) is 0 Å². The lowest BCUT2D eigenvalue weighted by Gasteiger charge is -2.28. The summed E-state index contributed by atoms with van der Waals surface area (Å²) in [6.07, 6.45) is 3.57. The van der Waals surface area contributed by atoms with E-state index in [0.29, 0.717) is 23.2 Å². The third-order valence-electron chi connectivity index (χ3n) is 4.48. The van der Waals surface area contributed by atoms with Gasteiger partial charge in [0.2, 0.25) is 5.91 Å². The van der Waals surface area contributed by atoms with E-state index in [1.54, 1.807) is 16.3 Å². The monoisotopic (exact) mass is 383 g/mol. The highest BCUT2D eigenvalue weighted by molar-refractivity contribution is 7.91. The van der Waals surface area contributed by atoms with Crippen molar-refractivity contribution in [1.82, 2.24) is 14.5 Å². The summed E-state index contributed by atoms with van der Waals surface area (Å²) in [5, 5.41) is 2.30. The third kappa shape index (κ3) is 3.92. The van der Waals surface area contributed by atoms with E-state index in [1.807, 2.05) is 6.92 Å². The maximum absolute atomic E-state index is 12.8. The quantitative estimate of drug-likeness (QED) is 0.749. The average molecular weight is 383 g/mol. The van der Waals surface area contributed by atoms with E-state index in [9.17, 15) is 18.0 Å². The molecule has 0 aromatic carbocycles. The number of fused-ring (bicyclic) bond motifs is 1. The van der Waals surface area contributed by atoms with Crippen molar-refractivity contribution in [2.45, 2.75) is 38.8 Å². The molecule has 0 unspecified atom stereocenters. The van der Waals surface area contributed by atoms with Crippen molar-refractivity contribution >= 4 is 37.3 Å². The largest absolute Gasteiger partial charge is 0.337 e. The summed E-state index contributed by atoms with van der Waals surface area (Å²) < 4.78 is 24.8. The van der Waals surface area contributed by atoms with Crippen LogP contribution in [0.1, 0.15) is 26.2 Å². The van der Waals surface area contributed by atoms with Crippen molar-refractivity contribution in [1.29, 1.82) is 0 Å². The van der Waals surface area contributed by atoms with Gasteiger partial charge in [0, 0.05) is 12.6 Å². The van der Waals surface area contributed by atoms with Gasteiger partial charge in [0.05, 0.1) is 23.2 Å². The molecule has 0 spiro atoms. The zero-order valence-corrected chi connectivity index (χ0v) is 15.7. The fraction of sp³-hybridized carbons (Fsp3) is 0.562. The molecule has 136 valence electrons. The van der Waals surface area contributed by atoms with Crippen molar-refractivity contribution in [3.05, 3.63) is 28.1 Å². The zero-order chi connectivity index (χ0) is 18.0. The van der Waals surface area contributed by atoms with E-state index >= 15 is 0 Å². The number of rotatable bonds is 6. The summed E-state index contributed by atoms with van der Waals surface area (Å²) >= 11 is 1.38. The standard InChI is InChI=1S/C16H21N3O4S2/c1-2-3-6-19(12-5-8-25(22,23)10-12)14(20)9-18-11-17-15-13(16(18)21)4-7-24-15/h4,7,11-12H,2-3,5-6,8-10H2,1H3/t12-/m1/s1. The second-order valence-corrected chi connectivity index (χ2v) is 9.44. The van der Waals surface area contributed by atoms with Crippen LogP contribution in [-0.2, 0) is 21.2 Å². The predicted molar refractivity (Wildman–Crippen MR) is 97.6 cm³/mol. The van der Waals surface area contributed by atoms with Crippen LogP contribution in [0.5, 0.6) is 0 Å². The van der Waals surface area contributed by atoms with Crippen LogP contribution in [0.15, 0.2) is 22.6 Å². The van der Waals surface area contributed by atoms with E-state index in [2.05, 4.69) is 4.98 Å². The van der Waals surface area contributed by atoms with E-state index in [-0.39, 0.29) is 35.6 Å². The van der Waals surface area contributed by atoms with E-state index in [4.69, 9.17) is 0 Å². The van der Waals surface area contributed by atoms with Crippen molar-refractivity contribution in [3.63, 3.8) is 0 Å². The normalized spacial score (nSPS) is 19.3. The Balaban J connectivity index is 1.81. The molecule has 3 heterocycles. The van der Waals surface area contributed by atoms with Gasteiger partial charge in [-0.2, -0.15) is 0 Å². The van der Waals surface area contributed by atoms with E-state index in [0.717, 1.165) is 12.8 Å². The second-order valence-electron chi connectivity index (χ2n) is 6.31. The summed E-state index contributed by atoms with van der Waals surface area (Å²) in [5.74, 6) is -0.0937. The highest BCUT2D eigenvalue weighted by atomic mass is 32.2. The Kier molecular flexibility index (Phi) is 5.24. The molecule has 0 N–H and O–H groups in total. The molecule has 9 heteroatoms. The van der Waals surface area contributed by atoms with Gasteiger partial charge >= 0.3 is 0 Å². The Labute approximate surface area is 150 Å². The molecule has 7 nitrogen and oxygen atoms in total. The Hall–Kier alpha value is -1.74. The molecule has 25 heavy (non-hydrogen) atoms. The Morgan fingerprint density at radius 1 is 1.48 bits per heavy atom. The molecule has 3 rings (SSSR count). The molecule has 2 aromatic heterocycles. The number of aromatic nitrogens is 2. The number of unbranched alkanes of at least 4 members (excludes halogenated alkanes) is 1. The fourth-order valence-electron chi connectivity index (χ4n) is 3.10. The van der Waals surface area contributed by atoms with Gasteiger partial charge in [-0.1, -0.05) is 13.3 Å². The molecular formula is C16H21N3O4S2. The first kappa shape index (κ1) is 18.1. The number of sulfone groups is 1. The van der Waals surface area contributed by atoms with Crippen LogP contribution in [0.4, 0.5) is 0 Å². The van der Waals surface area contributed by atoms with Crippen molar-refractivity contribution in [2.24, 2.45) is 0 Å². The molecule has 0 aliphatic carbocycles. The molecule has 2 aromatic rings. The first-order valence-electron chi connectivity index (χ1n) is 8.34. The number of amides is 1. The number of carbonyl (C=O) groups is 1. The maximum Gasteiger partial charge on any atom is 0.262 e. The van der Waals surface area contributed by atoms with Crippen molar-refractivity contribution < 1.29 is 13.2 Å². The molecule has 1 atom stereocenters. The topological polar surface area (TPSA) is 89.3 Å². The predicted octanol–water partition coefficient (Wildman–Crippen LogP) is 1.27. The maximum atomic E-state index is 12.8. The number of carbonyl (C=O) groups excluding carboxylic acids is 1. The van der Waals surface area contributed by atoms with E-state index < -0.39 is 9.84 Å². The van der Waals surface area contributed by atoms with Crippen molar-refractivity contribution in [2.75, 3.05) is 18.1 Å². The lowest BCUT2D eigenvalue weighted by atomic mass is 10.2. The van der Waals surface area contributed by atoms with Gasteiger partial charge < -0.3 is 4.90 Å². The van der Waals surface area contributed by atoms with Gasteiger partial charge in [0.25, 0.3) is 5.56 Å². The van der Waals surface area contributed by atoms with Crippen LogP contribution < -0.4 is 5.56 Å². The molecule has 1 fully saturated rings. The molecule has 1 aliphatic heterocycles. The number of hydrogen-bond acceptors (Lipinski definition) is 6. The Morgan fingerprint density at radius 3 is 2.96 bits per heavy atom. The first-order chi connectivity index (χ1) is 11.9. The first-order valence-corrected chi connectivity index (χ1v) is 11.0. The van der Waals surface area contributed by atoms with Crippen LogP contribution in [0, 0.1) is 0 Å². The Bertz CT molecular complexity index is 932. The third-order valence-corrected chi connectivity index (χ3v) is 7.05. The summed E-state index contributed by atoms with van der Waals surface area (Å²) in [5.41, 5.74) is -0.242. The van der Waals surface area contributed by atoms with Gasteiger partial charge in [0.15, 0.2) is 9.84 Å². The lowest BCUT2D eigenvalue weighted by Crippen LogP contribution is -2.44. The molecule has 1 amide bonds. The van der Waals surface area contributed by atoms with Gasteiger partial charge in [0.1, 0.15) is 11.4 Å². The second kappa shape index (κ2) is 7.25. The van der Waals surface area contributed by atoms with Crippen LogP contribution >= 0.6 is 11.3 Å². The molecular weight excluding hydrogens is 362 g/mol. The average Bonchev–Trinajstić information content (AvgIpc) is 3.17. The fourth-order valence-corrected chi connectivity index (χ4v) is 5.56. The van der Waals surface area contributed by atoms with Crippen LogP contribution in [-0.4, -0.2) is 52.9 Å². The van der Waals surface area contributed by atoms with Crippen molar-refractivity contribution in [3.8, 4) is 0 Å². The molecule has 1 saturated heterocycles.